The van der Waals surface area contributed by atoms with Crippen LogP contribution in [0, 0.1) is 6.92 Å². The predicted molar refractivity (Wildman–Crippen MR) is 118 cm³/mol. The van der Waals surface area contributed by atoms with Gasteiger partial charge in [-0.2, -0.15) is 0 Å². The number of nitrogens with zero attached hydrogens (tertiary/aromatic N) is 1. The molecule has 1 aliphatic heterocycles. The highest BCUT2D eigenvalue weighted by atomic mass is 32.1. The summed E-state index contributed by atoms with van der Waals surface area (Å²) in [6.45, 7) is 4.37. The maximum atomic E-state index is 13.1. The van der Waals surface area contributed by atoms with Gasteiger partial charge in [-0.25, -0.2) is 0 Å². The molecular formula is C24H27NO4S. The van der Waals surface area contributed by atoms with E-state index in [0.29, 0.717) is 12.2 Å². The van der Waals surface area contributed by atoms with E-state index in [2.05, 4.69) is 0 Å². The summed E-state index contributed by atoms with van der Waals surface area (Å²) in [5.74, 6) is -0.463. The summed E-state index contributed by atoms with van der Waals surface area (Å²) in [6.07, 6.45) is 5.08. The SMILES string of the molecule is CCOc1ccc(/C(O)=C2/C(=O)C(=O)N(C3CCCCC3)C2c2cccs2)cc1C. The van der Waals surface area contributed by atoms with E-state index in [1.807, 2.05) is 31.4 Å². The van der Waals surface area contributed by atoms with Crippen molar-refractivity contribution in [3.8, 4) is 5.75 Å². The highest BCUT2D eigenvalue weighted by Gasteiger charge is 2.49. The first-order valence-corrected chi connectivity index (χ1v) is 11.5. The van der Waals surface area contributed by atoms with Gasteiger partial charge in [0.25, 0.3) is 11.7 Å². The predicted octanol–water partition coefficient (Wildman–Crippen LogP) is 5.21. The van der Waals surface area contributed by atoms with Crippen molar-refractivity contribution in [2.24, 2.45) is 0 Å². The maximum absolute atomic E-state index is 13.1. The molecule has 2 heterocycles. The summed E-state index contributed by atoms with van der Waals surface area (Å²) < 4.78 is 5.59. The van der Waals surface area contributed by atoms with E-state index >= 15 is 0 Å². The number of thiophene rings is 1. The van der Waals surface area contributed by atoms with Gasteiger partial charge in [0.15, 0.2) is 0 Å². The summed E-state index contributed by atoms with van der Waals surface area (Å²) in [5.41, 5.74) is 1.59. The number of aliphatic hydroxyl groups is 1. The second-order valence-corrected chi connectivity index (χ2v) is 8.91. The molecule has 1 unspecified atom stereocenters. The van der Waals surface area contributed by atoms with Crippen molar-refractivity contribution in [1.29, 1.82) is 0 Å². The smallest absolute Gasteiger partial charge is 0.295 e. The Morgan fingerprint density at radius 1 is 1.20 bits per heavy atom. The number of carbonyl (C=O) groups excluding carboxylic acids is 2. The van der Waals surface area contributed by atoms with Crippen LogP contribution in [-0.2, 0) is 9.59 Å². The molecule has 0 radical (unpaired) electrons. The Morgan fingerprint density at radius 2 is 1.97 bits per heavy atom. The van der Waals surface area contributed by atoms with Crippen LogP contribution in [0.25, 0.3) is 5.76 Å². The van der Waals surface area contributed by atoms with Crippen LogP contribution in [-0.4, -0.2) is 34.3 Å². The lowest BCUT2D eigenvalue weighted by Crippen LogP contribution is -2.40. The van der Waals surface area contributed by atoms with E-state index in [1.165, 1.54) is 11.3 Å². The van der Waals surface area contributed by atoms with Gasteiger partial charge < -0.3 is 14.7 Å². The third-order valence-corrected chi connectivity index (χ3v) is 6.93. The van der Waals surface area contributed by atoms with Crippen molar-refractivity contribution in [3.05, 3.63) is 57.3 Å². The normalized spacial score (nSPS) is 21.9. The van der Waals surface area contributed by atoms with Crippen LogP contribution >= 0.6 is 11.3 Å². The van der Waals surface area contributed by atoms with Crippen LogP contribution in [0.15, 0.2) is 41.3 Å². The number of hydrogen-bond donors (Lipinski definition) is 1. The third kappa shape index (κ3) is 3.65. The van der Waals surface area contributed by atoms with Crippen LogP contribution in [0.4, 0.5) is 0 Å². The number of likely N-dealkylation sites (tertiary alicyclic amines) is 1. The molecule has 2 fully saturated rings. The van der Waals surface area contributed by atoms with Crippen LogP contribution in [0.2, 0.25) is 0 Å². The van der Waals surface area contributed by atoms with Crippen molar-refractivity contribution in [3.63, 3.8) is 0 Å². The Kier molecular flexibility index (Phi) is 5.95. The molecule has 2 aliphatic rings. The molecule has 30 heavy (non-hydrogen) atoms. The topological polar surface area (TPSA) is 66.8 Å². The first kappa shape index (κ1) is 20.7. The summed E-state index contributed by atoms with van der Waals surface area (Å²) in [7, 11) is 0. The number of Topliss-reactive ketones (excluding diaryl/α,β-unsaturated/α-hetero) is 1. The quantitative estimate of drug-likeness (QED) is 0.406. The fourth-order valence-corrected chi connectivity index (χ4v) is 5.41. The molecule has 1 N–H and O–H groups in total. The summed E-state index contributed by atoms with van der Waals surface area (Å²) in [5, 5.41) is 13.1. The molecule has 1 atom stereocenters. The number of ether oxygens (including phenoxy) is 1. The fraction of sp³-hybridized carbons (Fsp3) is 0.417. The van der Waals surface area contributed by atoms with Gasteiger partial charge in [-0.1, -0.05) is 25.3 Å². The molecule has 1 amide bonds. The molecule has 1 saturated carbocycles. The molecule has 0 bridgehead atoms. The Balaban J connectivity index is 1.81. The lowest BCUT2D eigenvalue weighted by Gasteiger charge is -2.34. The number of aryl methyl sites for hydroxylation is 1. The fourth-order valence-electron chi connectivity index (χ4n) is 4.58. The van der Waals surface area contributed by atoms with Gasteiger partial charge in [0.2, 0.25) is 0 Å². The Labute approximate surface area is 181 Å². The first-order valence-electron chi connectivity index (χ1n) is 10.6. The zero-order valence-corrected chi connectivity index (χ0v) is 18.2. The molecule has 0 spiro atoms. The largest absolute Gasteiger partial charge is 0.507 e. The summed E-state index contributed by atoms with van der Waals surface area (Å²) in [4.78, 5) is 28.8. The Morgan fingerprint density at radius 3 is 2.60 bits per heavy atom. The minimum absolute atomic E-state index is 0.0367. The molecule has 1 aromatic carbocycles. The van der Waals surface area contributed by atoms with Gasteiger partial charge in [-0.15, -0.1) is 11.3 Å². The van der Waals surface area contributed by atoms with E-state index in [4.69, 9.17) is 4.74 Å². The summed E-state index contributed by atoms with van der Waals surface area (Å²) >= 11 is 1.51. The molecule has 2 aromatic rings. The van der Waals surface area contributed by atoms with Gasteiger partial charge in [-0.3, -0.25) is 9.59 Å². The number of amides is 1. The zero-order valence-electron chi connectivity index (χ0n) is 17.4. The van der Waals surface area contributed by atoms with E-state index in [9.17, 15) is 14.7 Å². The first-order chi connectivity index (χ1) is 14.5. The van der Waals surface area contributed by atoms with Crippen LogP contribution in [0.5, 0.6) is 5.75 Å². The van der Waals surface area contributed by atoms with Gasteiger partial charge in [0, 0.05) is 16.5 Å². The standard InChI is InChI=1S/C24H27NO4S/c1-3-29-18-12-11-16(14-15(18)2)22(26)20-21(19-10-7-13-30-19)25(24(28)23(20)27)17-8-5-4-6-9-17/h7,10-14,17,21,26H,3-6,8-9H2,1-2H3/b22-20-. The highest BCUT2D eigenvalue weighted by molar-refractivity contribution is 7.10. The average Bonchev–Trinajstić information content (AvgIpc) is 3.37. The average molecular weight is 426 g/mol. The van der Waals surface area contributed by atoms with Crippen molar-refractivity contribution in [2.75, 3.05) is 6.61 Å². The number of aliphatic hydroxyl groups excluding tert-OH is 1. The number of carbonyl (C=O) groups is 2. The van der Waals surface area contributed by atoms with Crippen molar-refractivity contribution in [2.45, 2.75) is 58.0 Å². The van der Waals surface area contributed by atoms with E-state index in [0.717, 1.165) is 48.3 Å². The number of ketones is 1. The zero-order chi connectivity index (χ0) is 21.3. The third-order valence-electron chi connectivity index (χ3n) is 6.01. The number of benzene rings is 1. The molecule has 1 aliphatic carbocycles. The molecule has 6 heteroatoms. The van der Waals surface area contributed by atoms with Gasteiger partial charge in [0.05, 0.1) is 18.2 Å². The van der Waals surface area contributed by atoms with Crippen LogP contribution < -0.4 is 4.74 Å². The van der Waals surface area contributed by atoms with Crippen LogP contribution in [0.3, 0.4) is 0 Å². The van der Waals surface area contributed by atoms with Crippen LogP contribution in [0.1, 0.15) is 61.1 Å². The molecular weight excluding hydrogens is 398 g/mol. The van der Waals surface area contributed by atoms with Crippen molar-refractivity contribution < 1.29 is 19.4 Å². The second kappa shape index (κ2) is 8.64. The van der Waals surface area contributed by atoms with E-state index < -0.39 is 17.7 Å². The van der Waals surface area contributed by atoms with E-state index in [1.54, 1.807) is 23.1 Å². The summed E-state index contributed by atoms with van der Waals surface area (Å²) in [6, 6.07) is 8.71. The minimum Gasteiger partial charge on any atom is -0.507 e. The highest BCUT2D eigenvalue weighted by Crippen LogP contribution is 2.44. The lowest BCUT2D eigenvalue weighted by atomic mass is 9.92. The number of hydrogen-bond acceptors (Lipinski definition) is 5. The Bertz CT molecular complexity index is 973. The second-order valence-electron chi connectivity index (χ2n) is 7.93. The van der Waals surface area contributed by atoms with Gasteiger partial charge in [-0.05, 0) is 61.9 Å². The molecule has 1 aromatic heterocycles. The molecule has 4 rings (SSSR count). The van der Waals surface area contributed by atoms with Crippen molar-refractivity contribution in [1.82, 2.24) is 4.90 Å². The van der Waals surface area contributed by atoms with Crippen molar-refractivity contribution >= 4 is 28.8 Å². The maximum Gasteiger partial charge on any atom is 0.295 e. The minimum atomic E-state index is -0.594. The molecule has 5 nitrogen and oxygen atoms in total. The number of rotatable bonds is 5. The molecule has 1 saturated heterocycles. The monoisotopic (exact) mass is 425 g/mol. The molecule has 158 valence electrons. The van der Waals surface area contributed by atoms with E-state index in [-0.39, 0.29) is 17.4 Å². The van der Waals surface area contributed by atoms with Gasteiger partial charge in [0.1, 0.15) is 11.5 Å². The lowest BCUT2D eigenvalue weighted by molar-refractivity contribution is -0.141. The Hall–Kier alpha value is -2.60. The van der Waals surface area contributed by atoms with Gasteiger partial charge >= 0.3 is 0 Å².